The molecule has 2 fully saturated rings. The molecule has 1 spiro atoms. The Kier molecular flexibility index (Phi) is 3.62. The second-order valence-corrected chi connectivity index (χ2v) is 10.5. The Morgan fingerprint density at radius 1 is 1.16 bits per heavy atom. The van der Waals surface area contributed by atoms with Gasteiger partial charge in [-0.1, -0.05) is 24.3 Å². The van der Waals surface area contributed by atoms with Crippen LogP contribution in [0.15, 0.2) is 36.4 Å². The smallest absolute Gasteiger partial charge is 0.166 e. The summed E-state index contributed by atoms with van der Waals surface area (Å²) in [7, 11) is 0. The van der Waals surface area contributed by atoms with Crippen molar-refractivity contribution >= 4 is 23.3 Å². The number of H-pyrrole nitrogens is 1. The Bertz CT molecular complexity index is 1280. The van der Waals surface area contributed by atoms with E-state index in [0.29, 0.717) is 12.2 Å². The van der Waals surface area contributed by atoms with E-state index >= 15 is 0 Å². The minimum absolute atomic E-state index is 0. The van der Waals surface area contributed by atoms with E-state index in [0.717, 1.165) is 48.6 Å². The molecule has 3 aliphatic carbocycles. The number of phenolic OH excluding ortho intramolecular Hbond substituents is 1. The first-order valence-corrected chi connectivity index (χ1v) is 11.7. The largest absolute Gasteiger partial charge is 0.504 e. The van der Waals surface area contributed by atoms with Crippen LogP contribution in [0.25, 0.3) is 10.9 Å². The average molecular weight is 451 g/mol. The topological polar surface area (TPSA) is 68.7 Å². The molecule has 2 aromatic carbocycles. The Labute approximate surface area is 192 Å². The second kappa shape index (κ2) is 6.02. The van der Waals surface area contributed by atoms with Crippen LogP contribution in [0.4, 0.5) is 0 Å². The number of hydrogen-bond acceptors (Lipinski definition) is 4. The first-order chi connectivity index (χ1) is 15.1. The fraction of sp³-hybridized carbons (Fsp3) is 0.462. The predicted molar refractivity (Wildman–Crippen MR) is 124 cm³/mol. The maximum atomic E-state index is 12.7. The van der Waals surface area contributed by atoms with Gasteiger partial charge in [0.05, 0.1) is 16.7 Å². The highest BCUT2D eigenvalue weighted by Gasteiger charge is 2.72. The van der Waals surface area contributed by atoms with E-state index < -0.39 is 11.0 Å². The highest BCUT2D eigenvalue weighted by Crippen LogP contribution is 2.69. The highest BCUT2D eigenvalue weighted by atomic mass is 35.5. The Balaban J connectivity index is 0.00000180. The number of aromatic amines is 1. The quantitative estimate of drug-likeness (QED) is 0.552. The lowest BCUT2D eigenvalue weighted by atomic mass is 9.49. The number of para-hydroxylation sites is 1. The van der Waals surface area contributed by atoms with Gasteiger partial charge in [0, 0.05) is 35.5 Å². The molecule has 32 heavy (non-hydrogen) atoms. The number of likely N-dealkylation sites (tertiary alicyclic amines) is 1. The summed E-state index contributed by atoms with van der Waals surface area (Å²) in [5.74, 6) is 1.58. The third-order valence-electron chi connectivity index (χ3n) is 9.07. The number of hydrogen-bond donors (Lipinski definition) is 3. The van der Waals surface area contributed by atoms with Crippen LogP contribution in [0.1, 0.15) is 47.8 Å². The van der Waals surface area contributed by atoms with Gasteiger partial charge in [0.25, 0.3) is 0 Å². The van der Waals surface area contributed by atoms with E-state index in [1.807, 2.05) is 6.07 Å². The number of nitrogens with one attached hydrogen (secondary N) is 1. The van der Waals surface area contributed by atoms with Gasteiger partial charge in [0.15, 0.2) is 17.6 Å². The lowest BCUT2D eigenvalue weighted by Crippen LogP contribution is -2.74. The van der Waals surface area contributed by atoms with Crippen molar-refractivity contribution in [3.63, 3.8) is 0 Å². The summed E-state index contributed by atoms with van der Waals surface area (Å²) in [5, 5.41) is 24.6. The summed E-state index contributed by atoms with van der Waals surface area (Å²) < 4.78 is 6.60. The molecule has 166 valence electrons. The molecule has 2 aliphatic heterocycles. The van der Waals surface area contributed by atoms with E-state index in [4.69, 9.17) is 4.74 Å². The summed E-state index contributed by atoms with van der Waals surface area (Å²) in [4.78, 5) is 6.22. The maximum Gasteiger partial charge on any atom is 0.166 e. The molecule has 6 heteroatoms. The SMILES string of the molecule is Cl.Oc1ccc2c3c1O[C@H]1c4[nH]c5ccccc5c4C[C@@]4(O)C(C2)N(CC2CC2)CC[C@]314. The highest BCUT2D eigenvalue weighted by molar-refractivity contribution is 5.86. The Hall–Kier alpha value is -2.21. The fourth-order valence-corrected chi connectivity index (χ4v) is 7.57. The molecule has 8 rings (SSSR count). The summed E-state index contributed by atoms with van der Waals surface area (Å²) >= 11 is 0. The normalized spacial score (nSPS) is 33.9. The van der Waals surface area contributed by atoms with Gasteiger partial charge in [-0.05, 0) is 61.4 Å². The van der Waals surface area contributed by atoms with Crippen molar-refractivity contribution in [1.29, 1.82) is 0 Å². The molecule has 1 unspecified atom stereocenters. The standard InChI is InChI=1S/C26H26N2O3.ClH/c29-19-8-7-15-11-20-26(30)12-17-16-3-1-2-4-18(16)27-22(17)24-25(26,21(15)23(19)31-24)9-10-28(20)13-14-5-6-14;/h1-4,7-8,14,20,24,27,29-30H,5-6,9-13H2;1H/t20?,24-,25-,26+;/m0./s1. The van der Waals surface area contributed by atoms with Crippen molar-refractivity contribution in [1.82, 2.24) is 9.88 Å². The molecule has 4 atom stereocenters. The second-order valence-electron chi connectivity index (χ2n) is 10.5. The number of benzene rings is 2. The van der Waals surface area contributed by atoms with Crippen LogP contribution in [0.2, 0.25) is 0 Å². The van der Waals surface area contributed by atoms with E-state index in [1.165, 1.54) is 29.4 Å². The number of rotatable bonds is 2. The average Bonchev–Trinajstić information content (AvgIpc) is 3.40. The summed E-state index contributed by atoms with van der Waals surface area (Å²) in [6.07, 6.45) is 4.66. The van der Waals surface area contributed by atoms with E-state index in [-0.39, 0.29) is 30.3 Å². The molecule has 5 aliphatic rings. The first-order valence-electron chi connectivity index (χ1n) is 11.7. The molecular formula is C26H27ClN2O3. The van der Waals surface area contributed by atoms with Crippen molar-refractivity contribution in [3.8, 4) is 11.5 Å². The zero-order valence-electron chi connectivity index (χ0n) is 17.8. The van der Waals surface area contributed by atoms with Gasteiger partial charge in [0.2, 0.25) is 0 Å². The monoisotopic (exact) mass is 450 g/mol. The Morgan fingerprint density at radius 2 is 2.00 bits per heavy atom. The lowest BCUT2D eigenvalue weighted by Gasteiger charge is -2.62. The van der Waals surface area contributed by atoms with Crippen molar-refractivity contribution < 1.29 is 14.9 Å². The summed E-state index contributed by atoms with van der Waals surface area (Å²) in [5.41, 5.74) is 4.27. The van der Waals surface area contributed by atoms with Crippen molar-refractivity contribution in [2.24, 2.45) is 5.92 Å². The number of aromatic hydroxyl groups is 1. The lowest BCUT2D eigenvalue weighted by molar-refractivity contribution is -0.173. The molecule has 1 saturated heterocycles. The summed E-state index contributed by atoms with van der Waals surface area (Å²) in [6, 6.07) is 12.3. The van der Waals surface area contributed by atoms with Crippen molar-refractivity contribution in [3.05, 3.63) is 58.8 Å². The number of aromatic nitrogens is 1. The van der Waals surface area contributed by atoms with Gasteiger partial charge in [-0.25, -0.2) is 0 Å². The zero-order valence-corrected chi connectivity index (χ0v) is 18.6. The maximum absolute atomic E-state index is 12.7. The Morgan fingerprint density at radius 3 is 2.84 bits per heavy atom. The molecule has 5 nitrogen and oxygen atoms in total. The zero-order chi connectivity index (χ0) is 20.5. The van der Waals surface area contributed by atoms with Crippen molar-refractivity contribution in [2.45, 2.75) is 55.3 Å². The minimum Gasteiger partial charge on any atom is -0.504 e. The van der Waals surface area contributed by atoms with E-state index in [1.54, 1.807) is 6.07 Å². The fourth-order valence-electron chi connectivity index (χ4n) is 7.57. The number of piperidine rings is 1. The van der Waals surface area contributed by atoms with Crippen LogP contribution < -0.4 is 4.74 Å². The summed E-state index contributed by atoms with van der Waals surface area (Å²) in [6.45, 7) is 2.07. The number of phenols is 1. The molecular weight excluding hydrogens is 424 g/mol. The molecule has 3 aromatic rings. The first kappa shape index (κ1) is 19.3. The van der Waals surface area contributed by atoms with Gasteiger partial charge >= 0.3 is 0 Å². The van der Waals surface area contributed by atoms with Gasteiger partial charge < -0.3 is 19.9 Å². The minimum atomic E-state index is -0.908. The van der Waals surface area contributed by atoms with Crippen LogP contribution in [0, 0.1) is 5.92 Å². The number of nitrogens with zero attached hydrogens (tertiary/aromatic N) is 1. The van der Waals surface area contributed by atoms with Crippen LogP contribution in [0.5, 0.6) is 11.5 Å². The number of halogens is 1. The van der Waals surface area contributed by atoms with Crippen LogP contribution >= 0.6 is 12.4 Å². The van der Waals surface area contributed by atoms with Crippen molar-refractivity contribution in [2.75, 3.05) is 13.1 Å². The molecule has 3 heterocycles. The number of fused-ring (bicyclic) bond motifs is 4. The van der Waals surface area contributed by atoms with Crippen LogP contribution in [-0.4, -0.2) is 44.8 Å². The van der Waals surface area contributed by atoms with Gasteiger partial charge in [-0.15, -0.1) is 12.4 Å². The van der Waals surface area contributed by atoms with Crippen LogP contribution in [-0.2, 0) is 18.3 Å². The van der Waals surface area contributed by atoms with E-state index in [9.17, 15) is 10.2 Å². The van der Waals surface area contributed by atoms with Gasteiger partial charge in [-0.3, -0.25) is 4.90 Å². The molecule has 3 N–H and O–H groups in total. The third-order valence-corrected chi connectivity index (χ3v) is 9.07. The number of ether oxygens (including phenoxy) is 1. The molecule has 1 aromatic heterocycles. The molecule has 2 bridgehead atoms. The third kappa shape index (κ3) is 2.04. The van der Waals surface area contributed by atoms with Gasteiger partial charge in [-0.2, -0.15) is 0 Å². The van der Waals surface area contributed by atoms with Gasteiger partial charge in [0.1, 0.15) is 0 Å². The molecule has 0 radical (unpaired) electrons. The predicted octanol–water partition coefficient (Wildman–Crippen LogP) is 3.99. The van der Waals surface area contributed by atoms with Crippen LogP contribution in [0.3, 0.4) is 0 Å². The number of aliphatic hydroxyl groups is 1. The molecule has 1 saturated carbocycles. The van der Waals surface area contributed by atoms with E-state index in [2.05, 4.69) is 34.1 Å². The molecule has 0 amide bonds.